The molecule has 3 rings (SSSR count). The first-order valence-corrected chi connectivity index (χ1v) is 7.83. The summed E-state index contributed by atoms with van der Waals surface area (Å²) in [4.78, 5) is 15.9. The van der Waals surface area contributed by atoms with Crippen molar-refractivity contribution in [3.63, 3.8) is 0 Å². The molecule has 0 spiro atoms. The number of carbonyl (C=O) groups is 1. The highest BCUT2D eigenvalue weighted by molar-refractivity contribution is 5.90. The van der Waals surface area contributed by atoms with E-state index in [-0.39, 0.29) is 11.8 Å². The van der Waals surface area contributed by atoms with Gasteiger partial charge in [0.05, 0.1) is 24.1 Å². The van der Waals surface area contributed by atoms with Crippen molar-refractivity contribution in [1.29, 1.82) is 0 Å². The summed E-state index contributed by atoms with van der Waals surface area (Å²) >= 11 is 0. The summed E-state index contributed by atoms with van der Waals surface area (Å²) in [5.41, 5.74) is 1.97. The number of aliphatic imine (C=N–C) groups is 1. The van der Waals surface area contributed by atoms with E-state index in [0.29, 0.717) is 29.4 Å². The molecule has 126 valence electrons. The Labute approximate surface area is 144 Å². The molecule has 0 fully saturated rings. The summed E-state index contributed by atoms with van der Waals surface area (Å²) in [7, 11) is 0. The van der Waals surface area contributed by atoms with Gasteiger partial charge >= 0.3 is 5.97 Å². The van der Waals surface area contributed by atoms with Crippen LogP contribution in [0, 0.1) is 5.82 Å². The number of esters is 1. The first-order valence-electron chi connectivity index (χ1n) is 7.83. The molecular weight excluding hydrogens is 321 g/mol. The predicted molar refractivity (Wildman–Crippen MR) is 93.8 cm³/mol. The molecule has 0 N–H and O–H groups in total. The Balaban J connectivity index is 1.72. The van der Waals surface area contributed by atoms with Crippen LogP contribution >= 0.6 is 0 Å². The Hall–Kier alpha value is -3.21. The van der Waals surface area contributed by atoms with Gasteiger partial charge in [0.15, 0.2) is 0 Å². The molecule has 1 aromatic heterocycles. The second kappa shape index (κ2) is 7.57. The largest absolute Gasteiger partial charge is 0.462 e. The van der Waals surface area contributed by atoms with Crippen molar-refractivity contribution in [3.8, 4) is 11.3 Å². The fourth-order valence-corrected chi connectivity index (χ4v) is 2.23. The number of hydrogen-bond donors (Lipinski definition) is 0. The van der Waals surface area contributed by atoms with Gasteiger partial charge < -0.3 is 9.15 Å². The van der Waals surface area contributed by atoms with Crippen LogP contribution in [0.2, 0.25) is 0 Å². The minimum atomic E-state index is -0.347. The van der Waals surface area contributed by atoms with Crippen LogP contribution in [0.4, 0.5) is 10.1 Å². The Morgan fingerprint density at radius 3 is 2.48 bits per heavy atom. The third kappa shape index (κ3) is 4.20. The second-order valence-corrected chi connectivity index (χ2v) is 5.23. The molecule has 0 atom stereocenters. The van der Waals surface area contributed by atoms with Crippen LogP contribution in [-0.2, 0) is 4.74 Å². The lowest BCUT2D eigenvalue weighted by Crippen LogP contribution is -2.03. The molecule has 0 saturated heterocycles. The lowest BCUT2D eigenvalue weighted by Gasteiger charge is -2.02. The molecule has 0 aliphatic rings. The number of furan rings is 1. The van der Waals surface area contributed by atoms with Gasteiger partial charge in [-0.25, -0.2) is 9.18 Å². The normalized spacial score (nSPS) is 11.0. The minimum Gasteiger partial charge on any atom is -0.462 e. The summed E-state index contributed by atoms with van der Waals surface area (Å²) in [6, 6.07) is 16.5. The lowest BCUT2D eigenvalue weighted by atomic mass is 10.1. The Kier molecular flexibility index (Phi) is 5.04. The van der Waals surface area contributed by atoms with Crippen LogP contribution in [0.25, 0.3) is 11.3 Å². The van der Waals surface area contributed by atoms with E-state index in [1.807, 2.05) is 6.07 Å². The van der Waals surface area contributed by atoms with Gasteiger partial charge in [0.25, 0.3) is 0 Å². The highest BCUT2D eigenvalue weighted by Crippen LogP contribution is 2.23. The van der Waals surface area contributed by atoms with Gasteiger partial charge in [-0.05, 0) is 55.5 Å². The Morgan fingerprint density at radius 2 is 1.80 bits per heavy atom. The topological polar surface area (TPSA) is 51.8 Å². The zero-order chi connectivity index (χ0) is 17.6. The van der Waals surface area contributed by atoms with E-state index in [0.717, 1.165) is 5.56 Å². The molecule has 4 nitrogen and oxygen atoms in total. The van der Waals surface area contributed by atoms with Gasteiger partial charge in [0.2, 0.25) is 0 Å². The van der Waals surface area contributed by atoms with Crippen LogP contribution in [0.5, 0.6) is 0 Å². The van der Waals surface area contributed by atoms with Crippen LogP contribution in [0.15, 0.2) is 70.1 Å². The van der Waals surface area contributed by atoms with E-state index in [1.54, 1.807) is 55.6 Å². The van der Waals surface area contributed by atoms with E-state index in [1.165, 1.54) is 12.1 Å². The van der Waals surface area contributed by atoms with Gasteiger partial charge in [-0.2, -0.15) is 0 Å². The zero-order valence-electron chi connectivity index (χ0n) is 13.6. The summed E-state index contributed by atoms with van der Waals surface area (Å²) in [6.07, 6.45) is 1.57. The van der Waals surface area contributed by atoms with Gasteiger partial charge in [-0.3, -0.25) is 4.99 Å². The third-order valence-electron chi connectivity index (χ3n) is 3.47. The molecule has 3 aromatic rings. The quantitative estimate of drug-likeness (QED) is 0.485. The van der Waals surface area contributed by atoms with E-state index in [2.05, 4.69) is 4.99 Å². The SMILES string of the molecule is CCOC(=O)c1ccc(-c2ccc(C=Nc3ccc(F)cc3)o2)cc1. The van der Waals surface area contributed by atoms with Crippen molar-refractivity contribution in [1.82, 2.24) is 0 Å². The smallest absolute Gasteiger partial charge is 0.338 e. The molecule has 0 saturated carbocycles. The highest BCUT2D eigenvalue weighted by atomic mass is 19.1. The maximum absolute atomic E-state index is 12.9. The number of carbonyl (C=O) groups excluding carboxylic acids is 1. The van der Waals surface area contributed by atoms with Gasteiger partial charge in [0.1, 0.15) is 17.3 Å². The lowest BCUT2D eigenvalue weighted by molar-refractivity contribution is 0.0526. The average Bonchev–Trinajstić information content (AvgIpc) is 3.11. The zero-order valence-corrected chi connectivity index (χ0v) is 13.6. The van der Waals surface area contributed by atoms with E-state index in [9.17, 15) is 9.18 Å². The highest BCUT2D eigenvalue weighted by Gasteiger charge is 2.08. The second-order valence-electron chi connectivity index (χ2n) is 5.23. The Morgan fingerprint density at radius 1 is 1.08 bits per heavy atom. The molecule has 1 heterocycles. The van der Waals surface area contributed by atoms with Crippen LogP contribution in [-0.4, -0.2) is 18.8 Å². The summed E-state index contributed by atoms with van der Waals surface area (Å²) in [6.45, 7) is 2.11. The Bertz CT molecular complexity index is 880. The molecule has 0 unspecified atom stereocenters. The van der Waals surface area contributed by atoms with Crippen LogP contribution in [0.1, 0.15) is 23.0 Å². The fraction of sp³-hybridized carbons (Fsp3) is 0.100. The van der Waals surface area contributed by atoms with E-state index in [4.69, 9.17) is 9.15 Å². The number of rotatable bonds is 5. The van der Waals surface area contributed by atoms with Crippen LogP contribution < -0.4 is 0 Å². The van der Waals surface area contributed by atoms with Gasteiger partial charge in [0, 0.05) is 5.56 Å². The molecular formula is C20H16FNO3. The molecule has 0 bridgehead atoms. The van der Waals surface area contributed by atoms with Crippen molar-refractivity contribution in [2.45, 2.75) is 6.92 Å². The van der Waals surface area contributed by atoms with Crippen molar-refractivity contribution in [2.24, 2.45) is 4.99 Å². The number of hydrogen-bond acceptors (Lipinski definition) is 4. The molecule has 25 heavy (non-hydrogen) atoms. The monoisotopic (exact) mass is 337 g/mol. The maximum atomic E-state index is 12.9. The summed E-state index contributed by atoms with van der Waals surface area (Å²) in [5.74, 6) is 0.593. The van der Waals surface area contributed by atoms with Crippen molar-refractivity contribution < 1.29 is 18.3 Å². The number of ether oxygens (including phenoxy) is 1. The van der Waals surface area contributed by atoms with Gasteiger partial charge in [-0.1, -0.05) is 12.1 Å². The average molecular weight is 337 g/mol. The molecule has 0 radical (unpaired) electrons. The van der Waals surface area contributed by atoms with E-state index >= 15 is 0 Å². The van der Waals surface area contributed by atoms with E-state index < -0.39 is 0 Å². The molecule has 0 amide bonds. The first-order chi connectivity index (χ1) is 12.2. The minimum absolute atomic E-state index is 0.300. The number of benzene rings is 2. The summed E-state index contributed by atoms with van der Waals surface area (Å²) in [5, 5.41) is 0. The van der Waals surface area contributed by atoms with Crippen molar-refractivity contribution >= 4 is 17.9 Å². The molecule has 2 aromatic carbocycles. The first kappa shape index (κ1) is 16.6. The fourth-order valence-electron chi connectivity index (χ4n) is 2.23. The van der Waals surface area contributed by atoms with Crippen molar-refractivity contribution in [2.75, 3.05) is 6.61 Å². The standard InChI is InChI=1S/C20H16FNO3/c1-2-24-20(23)15-5-3-14(4-6-15)19-12-11-18(25-19)13-22-17-9-7-16(21)8-10-17/h3-13H,2H2,1H3. The molecule has 0 aliphatic carbocycles. The predicted octanol–water partition coefficient (Wildman–Crippen LogP) is 5.01. The maximum Gasteiger partial charge on any atom is 0.338 e. The van der Waals surface area contributed by atoms with Gasteiger partial charge in [-0.15, -0.1) is 0 Å². The molecule has 5 heteroatoms. The number of halogens is 1. The third-order valence-corrected chi connectivity index (χ3v) is 3.47. The van der Waals surface area contributed by atoms with Crippen LogP contribution in [0.3, 0.4) is 0 Å². The van der Waals surface area contributed by atoms with Crippen molar-refractivity contribution in [3.05, 3.63) is 77.8 Å². The number of nitrogens with zero attached hydrogens (tertiary/aromatic N) is 1. The molecule has 0 aliphatic heterocycles. The summed E-state index contributed by atoms with van der Waals surface area (Å²) < 4.78 is 23.5.